The van der Waals surface area contributed by atoms with Gasteiger partial charge in [-0.15, -0.1) is 11.3 Å². The molecule has 0 aliphatic rings. The number of hydrogen-bond donors (Lipinski definition) is 2. The summed E-state index contributed by atoms with van der Waals surface area (Å²) in [5.74, 6) is -2.71. The van der Waals surface area contributed by atoms with Gasteiger partial charge in [-0.2, -0.15) is 0 Å². The number of hydrogen-bond acceptors (Lipinski definition) is 4. The van der Waals surface area contributed by atoms with E-state index in [0.29, 0.717) is 11.2 Å². The second-order valence-electron chi connectivity index (χ2n) is 4.47. The first-order chi connectivity index (χ1) is 10.5. The van der Waals surface area contributed by atoms with E-state index in [-0.39, 0.29) is 24.4 Å². The quantitative estimate of drug-likeness (QED) is 0.887. The predicted octanol–water partition coefficient (Wildman–Crippen LogP) is 2.49. The number of nitrogens with one attached hydrogen (secondary N) is 2. The highest BCUT2D eigenvalue weighted by molar-refractivity contribution is 7.13. The van der Waals surface area contributed by atoms with Gasteiger partial charge in [-0.1, -0.05) is 0 Å². The van der Waals surface area contributed by atoms with E-state index >= 15 is 0 Å². The highest BCUT2D eigenvalue weighted by Gasteiger charge is 2.12. The van der Waals surface area contributed by atoms with Crippen molar-refractivity contribution >= 4 is 28.3 Å². The van der Waals surface area contributed by atoms with E-state index in [1.807, 2.05) is 6.92 Å². The molecule has 8 heteroatoms. The molecule has 0 spiro atoms. The lowest BCUT2D eigenvalue weighted by Gasteiger charge is -2.06. The van der Waals surface area contributed by atoms with Gasteiger partial charge >= 0.3 is 0 Å². The average Bonchev–Trinajstić information content (AvgIpc) is 2.83. The predicted molar refractivity (Wildman–Crippen MR) is 78.8 cm³/mol. The first-order valence-electron chi connectivity index (χ1n) is 6.41. The fraction of sp³-hybridized carbons (Fsp3) is 0.214. The van der Waals surface area contributed by atoms with Crippen molar-refractivity contribution in [3.05, 3.63) is 46.5 Å². The number of nitrogens with zero attached hydrogens (tertiary/aromatic N) is 1. The van der Waals surface area contributed by atoms with Crippen LogP contribution in [0.1, 0.15) is 22.5 Å². The lowest BCUT2D eigenvalue weighted by atomic mass is 10.2. The normalized spacial score (nSPS) is 10.3. The molecule has 2 rings (SSSR count). The van der Waals surface area contributed by atoms with E-state index in [1.54, 1.807) is 5.38 Å². The molecule has 1 aromatic heterocycles. The van der Waals surface area contributed by atoms with Gasteiger partial charge < -0.3 is 10.6 Å². The van der Waals surface area contributed by atoms with Gasteiger partial charge in [-0.05, 0) is 19.1 Å². The fourth-order valence-electron chi connectivity index (χ4n) is 1.65. The van der Waals surface area contributed by atoms with Crippen molar-refractivity contribution < 1.29 is 18.4 Å². The van der Waals surface area contributed by atoms with Crippen molar-refractivity contribution in [2.75, 3.05) is 11.9 Å². The van der Waals surface area contributed by atoms with Crippen LogP contribution < -0.4 is 10.6 Å². The molecule has 0 bridgehead atoms. The monoisotopic (exact) mass is 325 g/mol. The molecular formula is C14H13F2N3O2S. The Balaban J connectivity index is 1.80. The molecule has 0 fully saturated rings. The highest BCUT2D eigenvalue weighted by atomic mass is 32.1. The SMILES string of the molecule is Cc1csc(NC(=O)CCNC(=O)c2ccc(F)cc2F)n1. The van der Waals surface area contributed by atoms with E-state index < -0.39 is 17.5 Å². The van der Waals surface area contributed by atoms with Gasteiger partial charge in [-0.25, -0.2) is 13.8 Å². The molecule has 1 heterocycles. The Morgan fingerprint density at radius 1 is 1.32 bits per heavy atom. The number of anilines is 1. The van der Waals surface area contributed by atoms with E-state index in [1.165, 1.54) is 11.3 Å². The molecule has 2 aromatic rings. The Morgan fingerprint density at radius 3 is 2.73 bits per heavy atom. The minimum atomic E-state index is -0.944. The number of carbonyl (C=O) groups excluding carboxylic acids is 2. The standard InChI is InChI=1S/C14H13F2N3O2S/c1-8-7-22-14(18-8)19-12(20)4-5-17-13(21)10-3-2-9(15)6-11(10)16/h2-3,6-7H,4-5H2,1H3,(H,17,21)(H,18,19,20). The third-order valence-electron chi connectivity index (χ3n) is 2.68. The summed E-state index contributed by atoms with van der Waals surface area (Å²) in [4.78, 5) is 27.4. The summed E-state index contributed by atoms with van der Waals surface area (Å²) in [6, 6.07) is 2.68. The van der Waals surface area contributed by atoms with Crippen LogP contribution in [0.4, 0.5) is 13.9 Å². The van der Waals surface area contributed by atoms with Crippen LogP contribution in [0.15, 0.2) is 23.6 Å². The molecule has 1 aromatic carbocycles. The van der Waals surface area contributed by atoms with Gasteiger partial charge in [0, 0.05) is 24.4 Å². The first kappa shape index (κ1) is 16.0. The maximum Gasteiger partial charge on any atom is 0.254 e. The molecule has 0 aliphatic carbocycles. The topological polar surface area (TPSA) is 71.1 Å². The van der Waals surface area contributed by atoms with Crippen molar-refractivity contribution in [3.8, 4) is 0 Å². The Morgan fingerprint density at radius 2 is 2.09 bits per heavy atom. The second-order valence-corrected chi connectivity index (χ2v) is 5.33. The summed E-state index contributed by atoms with van der Waals surface area (Å²) in [5.41, 5.74) is 0.540. The first-order valence-corrected chi connectivity index (χ1v) is 7.29. The molecule has 22 heavy (non-hydrogen) atoms. The van der Waals surface area contributed by atoms with Crippen molar-refractivity contribution in [2.24, 2.45) is 0 Å². The third kappa shape index (κ3) is 4.32. The van der Waals surface area contributed by atoms with Crippen LogP contribution in [0.5, 0.6) is 0 Å². The van der Waals surface area contributed by atoms with Gasteiger partial charge in [0.15, 0.2) is 5.13 Å². The van der Waals surface area contributed by atoms with E-state index in [2.05, 4.69) is 15.6 Å². The molecule has 116 valence electrons. The van der Waals surface area contributed by atoms with Crippen LogP contribution >= 0.6 is 11.3 Å². The minimum Gasteiger partial charge on any atom is -0.351 e. The average molecular weight is 325 g/mol. The number of thiazole rings is 1. The summed E-state index contributed by atoms with van der Waals surface area (Å²) in [5, 5.41) is 7.28. The largest absolute Gasteiger partial charge is 0.351 e. The van der Waals surface area contributed by atoms with Crippen LogP contribution in [0, 0.1) is 18.6 Å². The zero-order chi connectivity index (χ0) is 16.1. The number of aromatic nitrogens is 1. The summed E-state index contributed by atoms with van der Waals surface area (Å²) >= 11 is 1.30. The molecule has 0 aliphatic heterocycles. The molecular weight excluding hydrogens is 312 g/mol. The minimum absolute atomic E-state index is 0.0210. The van der Waals surface area contributed by atoms with E-state index in [0.717, 1.165) is 17.8 Å². The zero-order valence-electron chi connectivity index (χ0n) is 11.7. The number of carbonyl (C=O) groups is 2. The smallest absolute Gasteiger partial charge is 0.254 e. The molecule has 0 saturated heterocycles. The molecule has 2 amide bonds. The molecule has 2 N–H and O–H groups in total. The van der Waals surface area contributed by atoms with Crippen molar-refractivity contribution in [2.45, 2.75) is 13.3 Å². The van der Waals surface area contributed by atoms with E-state index in [4.69, 9.17) is 0 Å². The number of amides is 2. The zero-order valence-corrected chi connectivity index (χ0v) is 12.5. The van der Waals surface area contributed by atoms with Gasteiger partial charge in [-0.3, -0.25) is 9.59 Å². The van der Waals surface area contributed by atoms with Gasteiger partial charge in [0.2, 0.25) is 5.91 Å². The maximum atomic E-state index is 13.4. The summed E-state index contributed by atoms with van der Waals surface area (Å²) in [7, 11) is 0. The van der Waals surface area contributed by atoms with Crippen LogP contribution in [0.25, 0.3) is 0 Å². The van der Waals surface area contributed by atoms with Crippen LogP contribution in [-0.2, 0) is 4.79 Å². The second kappa shape index (κ2) is 7.08. The Hall–Kier alpha value is -2.35. The van der Waals surface area contributed by atoms with E-state index in [9.17, 15) is 18.4 Å². The Labute approximate surface area is 129 Å². The van der Waals surface area contributed by atoms with Gasteiger partial charge in [0.05, 0.1) is 11.3 Å². The molecule has 0 saturated carbocycles. The molecule has 0 unspecified atom stereocenters. The molecule has 5 nitrogen and oxygen atoms in total. The van der Waals surface area contributed by atoms with Crippen LogP contribution in [0.3, 0.4) is 0 Å². The third-order valence-corrected chi connectivity index (χ3v) is 3.55. The van der Waals surface area contributed by atoms with Crippen LogP contribution in [-0.4, -0.2) is 23.3 Å². The Kier molecular flexibility index (Phi) is 5.16. The maximum absolute atomic E-state index is 13.4. The lowest BCUT2D eigenvalue weighted by molar-refractivity contribution is -0.116. The Bertz CT molecular complexity index is 703. The van der Waals surface area contributed by atoms with Crippen LogP contribution in [0.2, 0.25) is 0 Å². The number of halogens is 2. The summed E-state index contributed by atoms with van der Waals surface area (Å²) in [6.45, 7) is 1.84. The molecule has 0 atom stereocenters. The van der Waals surface area contributed by atoms with Gasteiger partial charge in [0.25, 0.3) is 5.91 Å². The van der Waals surface area contributed by atoms with Gasteiger partial charge in [0.1, 0.15) is 11.6 Å². The van der Waals surface area contributed by atoms with Crippen molar-refractivity contribution in [1.82, 2.24) is 10.3 Å². The summed E-state index contributed by atoms with van der Waals surface area (Å²) in [6.07, 6.45) is 0.0210. The fourth-order valence-corrected chi connectivity index (χ4v) is 2.36. The van der Waals surface area contributed by atoms with Crippen molar-refractivity contribution in [3.63, 3.8) is 0 Å². The van der Waals surface area contributed by atoms with Crippen molar-refractivity contribution in [1.29, 1.82) is 0 Å². The number of benzene rings is 1. The highest BCUT2D eigenvalue weighted by Crippen LogP contribution is 2.14. The number of aryl methyl sites for hydroxylation is 1. The molecule has 0 radical (unpaired) electrons. The number of rotatable bonds is 5. The lowest BCUT2D eigenvalue weighted by Crippen LogP contribution is -2.28. The summed E-state index contributed by atoms with van der Waals surface area (Å²) < 4.78 is 26.1.